The Bertz CT molecular complexity index is 1340. The van der Waals surface area contributed by atoms with Gasteiger partial charge in [0.05, 0.1) is 38.6 Å². The van der Waals surface area contributed by atoms with E-state index in [0.29, 0.717) is 26.2 Å². The van der Waals surface area contributed by atoms with Crippen LogP contribution in [-0.2, 0) is 19.1 Å². The number of carbonyl (C=O) groups is 2. The maximum atomic E-state index is 11.4. The molecule has 0 aromatic heterocycles. The third-order valence-electron chi connectivity index (χ3n) is 6.69. The summed E-state index contributed by atoms with van der Waals surface area (Å²) in [5.74, 6) is 0.711. The van der Waals surface area contributed by atoms with Crippen LogP contribution >= 0.6 is 0 Å². The molecule has 0 atom stereocenters. The van der Waals surface area contributed by atoms with Crippen LogP contribution in [0.25, 0.3) is 23.3 Å². The van der Waals surface area contributed by atoms with Crippen LogP contribution in [0, 0.1) is 0 Å². The van der Waals surface area contributed by atoms with Crippen LogP contribution in [0.15, 0.2) is 97.6 Å². The fourth-order valence-electron chi connectivity index (χ4n) is 4.10. The predicted octanol–water partition coefficient (Wildman–Crippen LogP) is 7.44. The van der Waals surface area contributed by atoms with Gasteiger partial charge in [-0.15, -0.1) is 0 Å². The third kappa shape index (κ3) is 12.7. The molecule has 0 heterocycles. The maximum Gasteiger partial charge on any atom is 0.335 e. The van der Waals surface area contributed by atoms with E-state index in [1.165, 1.54) is 6.08 Å². The second kappa shape index (κ2) is 19.5. The van der Waals surface area contributed by atoms with Crippen molar-refractivity contribution in [2.45, 2.75) is 38.5 Å². The molecule has 3 aromatic rings. The van der Waals surface area contributed by atoms with E-state index < -0.39 is 12.6 Å². The minimum atomic E-state index is -0.562. The molecule has 0 aliphatic rings. The number of hydrogen-bond acceptors (Lipinski definition) is 7. The molecular formula is C37H42O7. The molecule has 0 aliphatic carbocycles. The Balaban J connectivity index is 1.33. The molecule has 0 saturated carbocycles. The van der Waals surface area contributed by atoms with Gasteiger partial charge in [-0.3, -0.25) is 0 Å². The normalized spacial score (nSPS) is 10.8. The van der Waals surface area contributed by atoms with Crippen LogP contribution in [0.3, 0.4) is 0 Å². The zero-order valence-electron chi connectivity index (χ0n) is 25.2. The fraction of sp³-hybridized carbons (Fsp3) is 0.297. The zero-order valence-corrected chi connectivity index (χ0v) is 25.2. The van der Waals surface area contributed by atoms with Crippen molar-refractivity contribution in [3.8, 4) is 22.6 Å². The third-order valence-corrected chi connectivity index (χ3v) is 6.69. The summed E-state index contributed by atoms with van der Waals surface area (Å²) in [7, 11) is 0. The summed E-state index contributed by atoms with van der Waals surface area (Å²) in [4.78, 5) is 22.4. The van der Waals surface area contributed by atoms with E-state index >= 15 is 0 Å². The van der Waals surface area contributed by atoms with Crippen LogP contribution in [-0.4, -0.2) is 50.1 Å². The Labute approximate surface area is 260 Å². The molecule has 0 radical (unpaired) electrons. The fourth-order valence-corrected chi connectivity index (χ4v) is 4.10. The monoisotopic (exact) mass is 598 g/mol. The Morgan fingerprint density at radius 2 is 1.05 bits per heavy atom. The highest BCUT2D eigenvalue weighted by atomic mass is 16.5. The SMILES string of the molecule is C=CC(=O)OCCCCCCOc1ccc(/C=C/c2ccc(-c3ccc(OCCCCOC(=O)C(=C)CO)cc3)cc2)cc1. The highest BCUT2D eigenvalue weighted by Crippen LogP contribution is 2.24. The molecule has 7 nitrogen and oxygen atoms in total. The Hall–Kier alpha value is -4.62. The Morgan fingerprint density at radius 1 is 0.614 bits per heavy atom. The van der Waals surface area contributed by atoms with Crippen molar-refractivity contribution in [2.75, 3.05) is 33.0 Å². The summed E-state index contributed by atoms with van der Waals surface area (Å²) in [5.41, 5.74) is 4.49. The van der Waals surface area contributed by atoms with Gasteiger partial charge in [0, 0.05) is 6.08 Å². The minimum absolute atomic E-state index is 0.0590. The van der Waals surface area contributed by atoms with Gasteiger partial charge in [0.2, 0.25) is 0 Å². The first kappa shape index (κ1) is 33.9. The first-order valence-corrected chi connectivity index (χ1v) is 15.0. The van der Waals surface area contributed by atoms with E-state index in [0.717, 1.165) is 65.9 Å². The van der Waals surface area contributed by atoms with Gasteiger partial charge in [-0.2, -0.15) is 0 Å². The molecule has 0 aliphatic heterocycles. The molecule has 0 bridgehead atoms. The van der Waals surface area contributed by atoms with E-state index in [1.54, 1.807) is 0 Å². The molecule has 0 fully saturated rings. The highest BCUT2D eigenvalue weighted by molar-refractivity contribution is 5.87. The molecule has 232 valence electrons. The summed E-state index contributed by atoms with van der Waals surface area (Å²) in [6.45, 7) is 8.32. The molecular weight excluding hydrogens is 556 g/mol. The molecule has 0 unspecified atom stereocenters. The summed E-state index contributed by atoms with van der Waals surface area (Å²) in [6, 6.07) is 24.4. The quantitative estimate of drug-likeness (QED) is 0.0625. The van der Waals surface area contributed by atoms with Crippen molar-refractivity contribution in [1.82, 2.24) is 0 Å². The number of unbranched alkanes of at least 4 members (excludes halogenated alkanes) is 4. The molecule has 7 heteroatoms. The van der Waals surface area contributed by atoms with Crippen LogP contribution in [0.1, 0.15) is 49.7 Å². The second-order valence-corrected chi connectivity index (χ2v) is 10.1. The molecule has 44 heavy (non-hydrogen) atoms. The number of ether oxygens (including phenoxy) is 4. The second-order valence-electron chi connectivity index (χ2n) is 10.1. The van der Waals surface area contributed by atoms with E-state index in [4.69, 9.17) is 24.1 Å². The standard InChI is InChI=1S/C37H42O7/c1-3-36(39)43-26-7-5-4-6-24-41-34-20-14-31(15-21-34)11-10-30-12-16-32(17-13-30)33-18-22-35(23-19-33)42-25-8-9-27-44-37(40)29(2)28-38/h3,10-23,38H,1-2,4-9,24-28H2/b11-10+. The van der Waals surface area contributed by atoms with E-state index in [9.17, 15) is 9.59 Å². The van der Waals surface area contributed by atoms with E-state index in [-0.39, 0.29) is 18.1 Å². The maximum absolute atomic E-state index is 11.4. The number of esters is 2. The molecule has 3 rings (SSSR count). The largest absolute Gasteiger partial charge is 0.494 e. The summed E-state index contributed by atoms with van der Waals surface area (Å²) in [6.07, 6.45) is 10.6. The Morgan fingerprint density at radius 3 is 1.59 bits per heavy atom. The van der Waals surface area contributed by atoms with Gasteiger partial charge in [0.15, 0.2) is 0 Å². The van der Waals surface area contributed by atoms with Crippen LogP contribution in [0.2, 0.25) is 0 Å². The molecule has 0 spiro atoms. The van der Waals surface area contributed by atoms with Crippen molar-refractivity contribution in [3.63, 3.8) is 0 Å². The molecule has 1 N–H and O–H groups in total. The van der Waals surface area contributed by atoms with Gasteiger partial charge in [0.1, 0.15) is 11.5 Å². The predicted molar refractivity (Wildman–Crippen MR) is 174 cm³/mol. The lowest BCUT2D eigenvalue weighted by molar-refractivity contribution is -0.140. The van der Waals surface area contributed by atoms with Gasteiger partial charge < -0.3 is 24.1 Å². The van der Waals surface area contributed by atoms with Gasteiger partial charge in [-0.05, 0) is 85.0 Å². The van der Waals surface area contributed by atoms with Crippen molar-refractivity contribution in [2.24, 2.45) is 0 Å². The van der Waals surface area contributed by atoms with E-state index in [1.807, 2.05) is 48.5 Å². The number of aliphatic hydroxyl groups is 1. The topological polar surface area (TPSA) is 91.3 Å². The van der Waals surface area contributed by atoms with Crippen LogP contribution < -0.4 is 9.47 Å². The average molecular weight is 599 g/mol. The lowest BCUT2D eigenvalue weighted by Crippen LogP contribution is -2.11. The lowest BCUT2D eigenvalue weighted by Gasteiger charge is -2.08. The Kier molecular flexibility index (Phi) is 15.0. The summed E-state index contributed by atoms with van der Waals surface area (Å²) < 4.78 is 21.6. The lowest BCUT2D eigenvalue weighted by atomic mass is 10.0. The van der Waals surface area contributed by atoms with Gasteiger partial charge in [-0.1, -0.05) is 73.8 Å². The smallest absolute Gasteiger partial charge is 0.335 e. The first-order chi connectivity index (χ1) is 21.5. The number of benzene rings is 3. The van der Waals surface area contributed by atoms with Crippen LogP contribution in [0.5, 0.6) is 11.5 Å². The van der Waals surface area contributed by atoms with Crippen LogP contribution in [0.4, 0.5) is 0 Å². The number of carbonyl (C=O) groups excluding carboxylic acids is 2. The minimum Gasteiger partial charge on any atom is -0.494 e. The number of hydrogen-bond donors (Lipinski definition) is 1. The summed E-state index contributed by atoms with van der Waals surface area (Å²) in [5, 5.41) is 8.86. The van der Waals surface area contributed by atoms with Gasteiger partial charge in [-0.25, -0.2) is 9.59 Å². The highest BCUT2D eigenvalue weighted by Gasteiger charge is 2.06. The molecule has 0 saturated heterocycles. The summed E-state index contributed by atoms with van der Waals surface area (Å²) >= 11 is 0. The van der Waals surface area contributed by atoms with Crippen molar-refractivity contribution in [3.05, 3.63) is 109 Å². The zero-order chi connectivity index (χ0) is 31.4. The van der Waals surface area contributed by atoms with E-state index in [2.05, 4.69) is 49.6 Å². The van der Waals surface area contributed by atoms with Gasteiger partial charge in [0.25, 0.3) is 0 Å². The molecule has 3 aromatic carbocycles. The van der Waals surface area contributed by atoms with Crippen molar-refractivity contribution in [1.29, 1.82) is 0 Å². The van der Waals surface area contributed by atoms with Gasteiger partial charge >= 0.3 is 11.9 Å². The van der Waals surface area contributed by atoms with Crippen molar-refractivity contribution >= 4 is 24.1 Å². The first-order valence-electron chi connectivity index (χ1n) is 15.0. The van der Waals surface area contributed by atoms with Crippen molar-refractivity contribution < 1.29 is 33.6 Å². The number of rotatable bonds is 20. The average Bonchev–Trinajstić information content (AvgIpc) is 3.07. The number of aliphatic hydroxyl groups excluding tert-OH is 1. The molecule has 0 amide bonds.